The van der Waals surface area contributed by atoms with Gasteiger partial charge in [-0.1, -0.05) is 43.0 Å². The molecular weight excluding hydrogens is 554 g/mol. The van der Waals surface area contributed by atoms with Gasteiger partial charge in [-0.25, -0.2) is 8.42 Å². The SMILES string of the molecule is C[C@@H](C(=O)NC1CCCCC1)N(Cc1ccc(Cl)cc1)C(=O)CCCN(c1ccc2c(c1)OCCO2)S(C)(=O)=O. The predicted molar refractivity (Wildman–Crippen MR) is 155 cm³/mol. The lowest BCUT2D eigenvalue weighted by molar-refractivity contribution is -0.141. The third-order valence-corrected chi connectivity index (χ3v) is 8.80. The fourth-order valence-corrected chi connectivity index (χ4v) is 6.21. The lowest BCUT2D eigenvalue weighted by Gasteiger charge is -2.31. The number of nitrogens with zero attached hydrogens (tertiary/aromatic N) is 2. The normalized spacial score (nSPS) is 16.2. The number of ether oxygens (including phenoxy) is 2. The molecule has 9 nitrogen and oxygen atoms in total. The van der Waals surface area contributed by atoms with Crippen LogP contribution in [0.25, 0.3) is 0 Å². The Hall–Kier alpha value is -2.98. The molecule has 0 unspecified atom stereocenters. The summed E-state index contributed by atoms with van der Waals surface area (Å²) < 4.78 is 37.7. The van der Waals surface area contributed by atoms with E-state index in [9.17, 15) is 18.0 Å². The van der Waals surface area contributed by atoms with E-state index < -0.39 is 16.1 Å². The molecule has 40 heavy (non-hydrogen) atoms. The van der Waals surface area contributed by atoms with Crippen LogP contribution in [0.4, 0.5) is 5.69 Å². The summed E-state index contributed by atoms with van der Waals surface area (Å²) in [6.45, 7) is 2.91. The molecule has 1 fully saturated rings. The van der Waals surface area contributed by atoms with Crippen molar-refractivity contribution in [3.63, 3.8) is 0 Å². The van der Waals surface area contributed by atoms with Gasteiger partial charge in [0.1, 0.15) is 19.3 Å². The Morgan fingerprint density at radius 3 is 2.38 bits per heavy atom. The molecule has 11 heteroatoms. The number of nitrogens with one attached hydrogen (secondary N) is 1. The number of hydrogen-bond donors (Lipinski definition) is 1. The molecule has 1 saturated carbocycles. The third-order valence-electron chi connectivity index (χ3n) is 7.35. The van der Waals surface area contributed by atoms with Gasteiger partial charge in [-0.15, -0.1) is 0 Å². The maximum Gasteiger partial charge on any atom is 0.242 e. The number of carbonyl (C=O) groups is 2. The Morgan fingerprint density at radius 1 is 1.02 bits per heavy atom. The molecule has 1 aliphatic carbocycles. The van der Waals surface area contributed by atoms with E-state index in [1.165, 1.54) is 10.7 Å². The van der Waals surface area contributed by atoms with E-state index in [-0.39, 0.29) is 43.8 Å². The van der Waals surface area contributed by atoms with Crippen molar-refractivity contribution >= 4 is 39.1 Å². The van der Waals surface area contributed by atoms with Gasteiger partial charge in [0, 0.05) is 36.6 Å². The number of carbonyl (C=O) groups excluding carboxylic acids is 2. The Balaban J connectivity index is 1.45. The van der Waals surface area contributed by atoms with Crippen LogP contribution < -0.4 is 19.1 Å². The number of amides is 2. The first-order valence-electron chi connectivity index (χ1n) is 13.8. The van der Waals surface area contributed by atoms with Crippen LogP contribution >= 0.6 is 11.6 Å². The minimum Gasteiger partial charge on any atom is -0.486 e. The summed E-state index contributed by atoms with van der Waals surface area (Å²) in [4.78, 5) is 28.3. The lowest BCUT2D eigenvalue weighted by Crippen LogP contribution is -2.50. The van der Waals surface area contributed by atoms with E-state index >= 15 is 0 Å². The topological polar surface area (TPSA) is 105 Å². The summed E-state index contributed by atoms with van der Waals surface area (Å²) in [7, 11) is -3.63. The van der Waals surface area contributed by atoms with Gasteiger partial charge in [0.05, 0.1) is 11.9 Å². The van der Waals surface area contributed by atoms with Gasteiger partial charge < -0.3 is 19.7 Å². The zero-order valence-electron chi connectivity index (χ0n) is 23.1. The second-order valence-corrected chi connectivity index (χ2v) is 12.8. The van der Waals surface area contributed by atoms with Crippen molar-refractivity contribution in [3.05, 3.63) is 53.1 Å². The fraction of sp³-hybridized carbons (Fsp3) is 0.517. The fourth-order valence-electron chi connectivity index (χ4n) is 5.13. The molecule has 2 aromatic rings. The number of rotatable bonds is 11. The monoisotopic (exact) mass is 591 g/mol. The molecule has 4 rings (SSSR count). The molecule has 2 amide bonds. The highest BCUT2D eigenvalue weighted by atomic mass is 35.5. The van der Waals surface area contributed by atoms with Gasteiger partial charge in [0.15, 0.2) is 11.5 Å². The number of anilines is 1. The van der Waals surface area contributed by atoms with E-state index in [4.69, 9.17) is 21.1 Å². The van der Waals surface area contributed by atoms with Crippen molar-refractivity contribution in [2.24, 2.45) is 0 Å². The highest BCUT2D eigenvalue weighted by Crippen LogP contribution is 2.34. The van der Waals surface area contributed by atoms with Crippen LogP contribution in [-0.2, 0) is 26.2 Å². The largest absolute Gasteiger partial charge is 0.486 e. The molecule has 0 saturated heterocycles. The first-order valence-corrected chi connectivity index (χ1v) is 16.1. The van der Waals surface area contributed by atoms with E-state index in [1.807, 2.05) is 12.1 Å². The molecule has 0 bridgehead atoms. The zero-order chi connectivity index (χ0) is 28.7. The predicted octanol–water partition coefficient (Wildman–Crippen LogP) is 4.52. The van der Waals surface area contributed by atoms with E-state index in [1.54, 1.807) is 42.2 Å². The van der Waals surface area contributed by atoms with Crippen LogP contribution in [0.5, 0.6) is 11.5 Å². The minimum atomic E-state index is -3.63. The van der Waals surface area contributed by atoms with Crippen molar-refractivity contribution in [3.8, 4) is 11.5 Å². The number of halogens is 1. The summed E-state index contributed by atoms with van der Waals surface area (Å²) in [5.74, 6) is 0.650. The molecule has 1 N–H and O–H groups in total. The number of hydrogen-bond acceptors (Lipinski definition) is 6. The summed E-state index contributed by atoms with van der Waals surface area (Å²) in [6.07, 6.45) is 6.74. The molecule has 1 aliphatic heterocycles. The van der Waals surface area contributed by atoms with Gasteiger partial charge in [-0.05, 0) is 56.0 Å². The van der Waals surface area contributed by atoms with Gasteiger partial charge in [0.25, 0.3) is 0 Å². The molecule has 1 heterocycles. The Morgan fingerprint density at radius 2 is 1.70 bits per heavy atom. The van der Waals surface area contributed by atoms with Crippen molar-refractivity contribution < 1.29 is 27.5 Å². The number of fused-ring (bicyclic) bond motifs is 1. The minimum absolute atomic E-state index is 0.0746. The van der Waals surface area contributed by atoms with Crippen LogP contribution in [0.15, 0.2) is 42.5 Å². The Bertz CT molecular complexity index is 1280. The van der Waals surface area contributed by atoms with E-state index in [0.717, 1.165) is 37.5 Å². The van der Waals surface area contributed by atoms with Gasteiger partial charge in [-0.2, -0.15) is 0 Å². The Kier molecular flexibility index (Phi) is 10.2. The highest BCUT2D eigenvalue weighted by molar-refractivity contribution is 7.92. The standard InChI is InChI=1S/C29H38ClN3O6S/c1-21(29(35)31-24-7-4-3-5-8-24)32(20-22-10-12-23(30)13-11-22)28(34)9-6-16-33(40(2,36)37)25-14-15-26-27(19-25)39-18-17-38-26/h10-15,19,21,24H,3-9,16-18,20H2,1-2H3,(H,31,35)/t21-/m0/s1. The van der Waals surface area contributed by atoms with Crippen LogP contribution in [0.3, 0.4) is 0 Å². The quantitative estimate of drug-likeness (QED) is 0.412. The average molecular weight is 592 g/mol. The van der Waals surface area contributed by atoms with Crippen LogP contribution in [-0.4, -0.2) is 63.2 Å². The number of sulfonamides is 1. The van der Waals surface area contributed by atoms with Crippen LogP contribution in [0, 0.1) is 0 Å². The molecule has 0 radical (unpaired) electrons. The van der Waals surface area contributed by atoms with E-state index in [0.29, 0.717) is 35.4 Å². The smallest absolute Gasteiger partial charge is 0.242 e. The summed E-state index contributed by atoms with van der Waals surface area (Å²) in [6, 6.07) is 11.6. The van der Waals surface area contributed by atoms with Crippen LogP contribution in [0.1, 0.15) is 57.4 Å². The summed E-state index contributed by atoms with van der Waals surface area (Å²) in [5.41, 5.74) is 1.29. The second-order valence-electron chi connectivity index (χ2n) is 10.4. The highest BCUT2D eigenvalue weighted by Gasteiger charge is 2.28. The summed E-state index contributed by atoms with van der Waals surface area (Å²) >= 11 is 6.04. The molecule has 2 aromatic carbocycles. The molecule has 218 valence electrons. The first-order chi connectivity index (χ1) is 19.1. The average Bonchev–Trinajstić information content (AvgIpc) is 2.94. The molecular formula is C29H38ClN3O6S. The molecule has 0 spiro atoms. The lowest BCUT2D eigenvalue weighted by atomic mass is 9.95. The Labute approximate surface area is 241 Å². The van der Waals surface area contributed by atoms with Crippen LogP contribution in [0.2, 0.25) is 5.02 Å². The van der Waals surface area contributed by atoms with Crippen molar-refractivity contribution in [2.75, 3.05) is 30.3 Å². The molecule has 2 aliphatic rings. The van der Waals surface area contributed by atoms with Gasteiger partial charge in [0.2, 0.25) is 21.8 Å². The van der Waals surface area contributed by atoms with Crippen molar-refractivity contribution in [1.29, 1.82) is 0 Å². The molecule has 0 aromatic heterocycles. The molecule has 1 atom stereocenters. The maximum atomic E-state index is 13.5. The van der Waals surface area contributed by atoms with Gasteiger partial charge in [-0.3, -0.25) is 13.9 Å². The second kappa shape index (κ2) is 13.6. The van der Waals surface area contributed by atoms with Gasteiger partial charge >= 0.3 is 0 Å². The summed E-state index contributed by atoms with van der Waals surface area (Å²) in [5, 5.41) is 3.71. The zero-order valence-corrected chi connectivity index (χ0v) is 24.7. The first kappa shape index (κ1) is 30.0. The van der Waals surface area contributed by atoms with Crippen molar-refractivity contribution in [1.82, 2.24) is 10.2 Å². The number of benzene rings is 2. The van der Waals surface area contributed by atoms with Crippen molar-refractivity contribution in [2.45, 2.75) is 70.5 Å². The maximum absolute atomic E-state index is 13.5. The van der Waals surface area contributed by atoms with E-state index in [2.05, 4.69) is 5.32 Å². The third kappa shape index (κ3) is 8.04.